The maximum absolute atomic E-state index is 6.51. The van der Waals surface area contributed by atoms with Crippen molar-refractivity contribution in [2.24, 2.45) is 0 Å². The van der Waals surface area contributed by atoms with Crippen LogP contribution in [0, 0.1) is 0 Å². The van der Waals surface area contributed by atoms with Crippen LogP contribution in [0.5, 0.6) is 0 Å². The Bertz CT molecular complexity index is 415. The van der Waals surface area contributed by atoms with Crippen LogP contribution in [0.25, 0.3) is 0 Å². The highest BCUT2D eigenvalue weighted by molar-refractivity contribution is 5.17. The lowest BCUT2D eigenvalue weighted by molar-refractivity contribution is -0.174. The number of hydrogen-bond acceptors (Lipinski definition) is 2. The highest BCUT2D eigenvalue weighted by Crippen LogP contribution is 2.41. The number of ether oxygens (including phenoxy) is 1. The maximum Gasteiger partial charge on any atom is 0.0840 e. The van der Waals surface area contributed by atoms with Crippen LogP contribution in [0.15, 0.2) is 30.3 Å². The number of likely N-dealkylation sites (N-methyl/N-ethyl adjacent to an activating group) is 1. The number of piperidine rings is 1. The first-order valence-electron chi connectivity index (χ1n) is 7.31. The van der Waals surface area contributed by atoms with Crippen molar-refractivity contribution in [2.75, 3.05) is 13.6 Å². The Labute approximate surface area is 117 Å². The highest BCUT2D eigenvalue weighted by atomic mass is 16.5. The van der Waals surface area contributed by atoms with Crippen molar-refractivity contribution in [3.8, 4) is 0 Å². The first kappa shape index (κ1) is 14.5. The molecule has 2 nitrogen and oxygen atoms in total. The fourth-order valence-corrected chi connectivity index (χ4v) is 3.03. The molecule has 0 amide bonds. The molecule has 1 heterocycles. The van der Waals surface area contributed by atoms with Crippen molar-refractivity contribution in [2.45, 2.75) is 57.8 Å². The Kier molecular flexibility index (Phi) is 4.03. The second-order valence-corrected chi connectivity index (χ2v) is 6.49. The minimum absolute atomic E-state index is 0.0638. The summed E-state index contributed by atoms with van der Waals surface area (Å²) in [5, 5.41) is 0. The molecule has 1 aliphatic rings. The highest BCUT2D eigenvalue weighted by Gasteiger charge is 2.48. The van der Waals surface area contributed by atoms with E-state index in [9.17, 15) is 0 Å². The van der Waals surface area contributed by atoms with Gasteiger partial charge in [-0.15, -0.1) is 0 Å². The SMILES string of the molecule is CC(OC1(C)CCCN(C)C1(C)C)c1ccccc1. The van der Waals surface area contributed by atoms with Crippen molar-refractivity contribution in [1.82, 2.24) is 4.90 Å². The van der Waals surface area contributed by atoms with E-state index in [-0.39, 0.29) is 17.2 Å². The summed E-state index contributed by atoms with van der Waals surface area (Å²) in [6.45, 7) is 10.2. The number of benzene rings is 1. The van der Waals surface area contributed by atoms with Crippen molar-refractivity contribution < 1.29 is 4.74 Å². The summed E-state index contributed by atoms with van der Waals surface area (Å²) in [4.78, 5) is 2.42. The van der Waals surface area contributed by atoms with Crippen LogP contribution < -0.4 is 0 Å². The van der Waals surface area contributed by atoms with Gasteiger partial charge in [0, 0.05) is 5.54 Å². The van der Waals surface area contributed by atoms with Crippen LogP contribution in [-0.4, -0.2) is 29.6 Å². The van der Waals surface area contributed by atoms with Gasteiger partial charge in [-0.1, -0.05) is 30.3 Å². The monoisotopic (exact) mass is 261 g/mol. The van der Waals surface area contributed by atoms with Gasteiger partial charge in [-0.3, -0.25) is 4.90 Å². The molecule has 2 heteroatoms. The average Bonchev–Trinajstić information content (AvgIpc) is 2.37. The third-order valence-electron chi connectivity index (χ3n) is 5.10. The first-order valence-corrected chi connectivity index (χ1v) is 7.31. The molecule has 106 valence electrons. The Morgan fingerprint density at radius 3 is 2.42 bits per heavy atom. The molecule has 0 spiro atoms. The minimum Gasteiger partial charge on any atom is -0.366 e. The third-order valence-corrected chi connectivity index (χ3v) is 5.10. The lowest BCUT2D eigenvalue weighted by atomic mass is 9.76. The standard InChI is InChI=1S/C17H27NO/c1-14(15-10-7-6-8-11-15)19-17(4)12-9-13-18(5)16(17,2)3/h6-8,10-11,14H,9,12-13H2,1-5H3. The zero-order valence-electron chi connectivity index (χ0n) is 12.9. The molecular weight excluding hydrogens is 234 g/mol. The summed E-state index contributed by atoms with van der Waals surface area (Å²) in [5.41, 5.74) is 1.22. The molecule has 19 heavy (non-hydrogen) atoms. The van der Waals surface area contributed by atoms with Gasteiger partial charge in [-0.2, -0.15) is 0 Å². The molecule has 0 bridgehead atoms. The molecule has 1 aromatic carbocycles. The molecule has 1 fully saturated rings. The van der Waals surface area contributed by atoms with Gasteiger partial charge in [0.1, 0.15) is 0 Å². The Morgan fingerprint density at radius 2 is 1.79 bits per heavy atom. The molecule has 2 rings (SSSR count). The molecule has 0 radical (unpaired) electrons. The predicted molar refractivity (Wildman–Crippen MR) is 80.3 cm³/mol. The zero-order valence-corrected chi connectivity index (χ0v) is 12.9. The summed E-state index contributed by atoms with van der Waals surface area (Å²) < 4.78 is 6.51. The number of rotatable bonds is 3. The van der Waals surface area contributed by atoms with E-state index in [2.05, 4.69) is 70.0 Å². The molecular formula is C17H27NO. The average molecular weight is 261 g/mol. The molecule has 1 saturated heterocycles. The molecule has 0 aliphatic carbocycles. The van der Waals surface area contributed by atoms with Crippen LogP contribution in [0.1, 0.15) is 52.2 Å². The Balaban J connectivity index is 2.17. The van der Waals surface area contributed by atoms with Gasteiger partial charge in [0.15, 0.2) is 0 Å². The van der Waals surface area contributed by atoms with Gasteiger partial charge in [0.2, 0.25) is 0 Å². The van der Waals surface area contributed by atoms with Gasteiger partial charge in [0.05, 0.1) is 11.7 Å². The smallest absolute Gasteiger partial charge is 0.0840 e. The number of likely N-dealkylation sites (tertiary alicyclic amines) is 1. The fraction of sp³-hybridized carbons (Fsp3) is 0.647. The van der Waals surface area contributed by atoms with E-state index in [1.165, 1.54) is 12.0 Å². The van der Waals surface area contributed by atoms with Crippen molar-refractivity contribution in [1.29, 1.82) is 0 Å². The van der Waals surface area contributed by atoms with Crippen molar-refractivity contribution in [3.05, 3.63) is 35.9 Å². The molecule has 0 saturated carbocycles. The fourth-order valence-electron chi connectivity index (χ4n) is 3.03. The second-order valence-electron chi connectivity index (χ2n) is 6.49. The van der Waals surface area contributed by atoms with Crippen LogP contribution in [-0.2, 0) is 4.74 Å². The van der Waals surface area contributed by atoms with E-state index in [0.717, 1.165) is 13.0 Å². The van der Waals surface area contributed by atoms with Crippen molar-refractivity contribution in [3.63, 3.8) is 0 Å². The van der Waals surface area contributed by atoms with Crippen LogP contribution in [0.4, 0.5) is 0 Å². The Hall–Kier alpha value is -0.860. The molecule has 0 N–H and O–H groups in total. The van der Waals surface area contributed by atoms with Crippen molar-refractivity contribution >= 4 is 0 Å². The summed E-state index contributed by atoms with van der Waals surface area (Å²) in [6, 6.07) is 10.5. The van der Waals surface area contributed by atoms with Gasteiger partial charge in [-0.05, 0) is 59.7 Å². The summed E-state index contributed by atoms with van der Waals surface area (Å²) in [7, 11) is 2.20. The van der Waals surface area contributed by atoms with E-state index >= 15 is 0 Å². The normalized spacial score (nSPS) is 29.1. The molecule has 1 aromatic rings. The van der Waals surface area contributed by atoms with Gasteiger partial charge < -0.3 is 4.74 Å². The Morgan fingerprint density at radius 1 is 1.16 bits per heavy atom. The van der Waals surface area contributed by atoms with E-state index < -0.39 is 0 Å². The quantitative estimate of drug-likeness (QED) is 0.814. The topological polar surface area (TPSA) is 12.5 Å². The van der Waals surface area contributed by atoms with E-state index in [1.807, 2.05) is 0 Å². The number of nitrogens with zero attached hydrogens (tertiary/aromatic N) is 1. The van der Waals surface area contributed by atoms with Crippen LogP contribution in [0.2, 0.25) is 0 Å². The van der Waals surface area contributed by atoms with E-state index in [4.69, 9.17) is 4.74 Å². The molecule has 1 aliphatic heterocycles. The largest absolute Gasteiger partial charge is 0.366 e. The van der Waals surface area contributed by atoms with Gasteiger partial charge in [-0.25, -0.2) is 0 Å². The third kappa shape index (κ3) is 2.70. The second kappa shape index (κ2) is 5.26. The maximum atomic E-state index is 6.51. The lowest BCUT2D eigenvalue weighted by Gasteiger charge is -2.54. The molecule has 2 unspecified atom stereocenters. The van der Waals surface area contributed by atoms with Gasteiger partial charge in [0.25, 0.3) is 0 Å². The zero-order chi connectivity index (χ0) is 14.1. The van der Waals surface area contributed by atoms with Crippen LogP contribution >= 0.6 is 0 Å². The van der Waals surface area contributed by atoms with E-state index in [0.29, 0.717) is 0 Å². The number of hydrogen-bond donors (Lipinski definition) is 0. The minimum atomic E-state index is -0.102. The van der Waals surface area contributed by atoms with E-state index in [1.54, 1.807) is 0 Å². The summed E-state index contributed by atoms with van der Waals surface area (Å²) in [5.74, 6) is 0. The molecule has 2 atom stereocenters. The van der Waals surface area contributed by atoms with Gasteiger partial charge >= 0.3 is 0 Å². The van der Waals surface area contributed by atoms with Crippen LogP contribution in [0.3, 0.4) is 0 Å². The lowest BCUT2D eigenvalue weighted by Crippen LogP contribution is -2.62. The summed E-state index contributed by atoms with van der Waals surface area (Å²) >= 11 is 0. The molecule has 0 aromatic heterocycles. The predicted octanol–water partition coefficient (Wildman–Crippen LogP) is 4.03. The first-order chi connectivity index (χ1) is 8.87. The summed E-state index contributed by atoms with van der Waals surface area (Å²) in [6.07, 6.45) is 2.47.